The van der Waals surface area contributed by atoms with Crippen LogP contribution in [0.2, 0.25) is 5.02 Å². The van der Waals surface area contributed by atoms with Gasteiger partial charge in [-0.1, -0.05) is 11.6 Å². The van der Waals surface area contributed by atoms with E-state index in [9.17, 15) is 9.59 Å². The summed E-state index contributed by atoms with van der Waals surface area (Å²) in [6.07, 6.45) is -1.37. The van der Waals surface area contributed by atoms with Crippen molar-refractivity contribution in [3.8, 4) is 0 Å². The van der Waals surface area contributed by atoms with E-state index in [0.717, 1.165) is 0 Å². The molecule has 0 saturated heterocycles. The highest BCUT2D eigenvalue weighted by molar-refractivity contribution is 6.33. The first-order valence-electron chi connectivity index (χ1n) is 4.53. The topological polar surface area (TPSA) is 126 Å². The lowest BCUT2D eigenvalue weighted by Gasteiger charge is -2.09. The van der Waals surface area contributed by atoms with Gasteiger partial charge >= 0.3 is 5.97 Å². The fourth-order valence-electron chi connectivity index (χ4n) is 0.992. The Bertz CT molecular complexity index is 452. The molecule has 0 aliphatic heterocycles. The number of nitrogens with zero attached hydrogens (tertiary/aromatic N) is 1. The Morgan fingerprint density at radius 2 is 2.18 bits per heavy atom. The van der Waals surface area contributed by atoms with E-state index < -0.39 is 18.0 Å². The van der Waals surface area contributed by atoms with Gasteiger partial charge in [-0.05, 0) is 12.1 Å². The molecule has 0 aliphatic rings. The molecule has 7 nitrogen and oxygen atoms in total. The zero-order chi connectivity index (χ0) is 13.0. The molecule has 0 bridgehead atoms. The monoisotopic (exact) mass is 259 g/mol. The van der Waals surface area contributed by atoms with Gasteiger partial charge in [0.05, 0.1) is 11.6 Å². The molecular formula is C9H10ClN3O4. The zero-order valence-electron chi connectivity index (χ0n) is 8.55. The molecule has 0 saturated carbocycles. The van der Waals surface area contributed by atoms with E-state index in [4.69, 9.17) is 27.5 Å². The number of nitrogens with two attached hydrogens (primary N) is 1. The van der Waals surface area contributed by atoms with E-state index in [0.29, 0.717) is 0 Å². The van der Waals surface area contributed by atoms with Crippen molar-refractivity contribution in [2.24, 2.45) is 5.73 Å². The van der Waals surface area contributed by atoms with E-state index in [2.05, 4.69) is 10.3 Å². The molecule has 17 heavy (non-hydrogen) atoms. The van der Waals surface area contributed by atoms with Crippen LogP contribution in [0.3, 0.4) is 0 Å². The van der Waals surface area contributed by atoms with Crippen LogP contribution in [0.5, 0.6) is 0 Å². The molecule has 1 heterocycles. The second kappa shape index (κ2) is 5.46. The molecule has 1 aromatic heterocycles. The van der Waals surface area contributed by atoms with Gasteiger partial charge in [0.25, 0.3) is 0 Å². The normalized spacial score (nSPS) is 11.9. The van der Waals surface area contributed by atoms with Crippen LogP contribution >= 0.6 is 11.6 Å². The second-order valence-corrected chi connectivity index (χ2v) is 3.54. The fraction of sp³-hybridized carbons (Fsp3) is 0.222. The van der Waals surface area contributed by atoms with Crippen LogP contribution in [-0.2, 0) is 4.79 Å². The number of carbonyl (C=O) groups is 2. The molecule has 1 amide bonds. The van der Waals surface area contributed by atoms with E-state index in [-0.39, 0.29) is 23.1 Å². The third-order valence-electron chi connectivity index (χ3n) is 1.85. The van der Waals surface area contributed by atoms with E-state index in [1.54, 1.807) is 0 Å². The minimum Gasteiger partial charge on any atom is -0.476 e. The number of pyridine rings is 1. The molecule has 5 N–H and O–H groups in total. The largest absolute Gasteiger partial charge is 0.476 e. The Labute approximate surface area is 101 Å². The molecule has 0 radical (unpaired) electrons. The van der Waals surface area contributed by atoms with Crippen LogP contribution in [0.4, 0.5) is 5.82 Å². The quantitative estimate of drug-likeness (QED) is 0.575. The highest BCUT2D eigenvalue weighted by atomic mass is 35.5. The Kier molecular flexibility index (Phi) is 4.24. The maximum absolute atomic E-state index is 10.7. The first-order chi connectivity index (χ1) is 7.91. The third-order valence-corrected chi connectivity index (χ3v) is 2.16. The minimum atomic E-state index is -1.37. The number of halogens is 1. The van der Waals surface area contributed by atoms with Gasteiger partial charge in [0.15, 0.2) is 5.69 Å². The highest BCUT2D eigenvalue weighted by Crippen LogP contribution is 2.16. The number of aromatic nitrogens is 1. The lowest BCUT2D eigenvalue weighted by Crippen LogP contribution is -2.34. The van der Waals surface area contributed by atoms with Gasteiger partial charge in [-0.25, -0.2) is 9.78 Å². The van der Waals surface area contributed by atoms with Crippen molar-refractivity contribution in [3.63, 3.8) is 0 Å². The Morgan fingerprint density at radius 3 is 2.71 bits per heavy atom. The Hall–Kier alpha value is -1.86. The number of amides is 1. The van der Waals surface area contributed by atoms with Crippen LogP contribution in [-0.4, -0.2) is 39.7 Å². The van der Waals surface area contributed by atoms with Gasteiger partial charge in [0.1, 0.15) is 11.9 Å². The van der Waals surface area contributed by atoms with Crippen LogP contribution in [0.1, 0.15) is 10.5 Å². The van der Waals surface area contributed by atoms with Gasteiger partial charge in [-0.3, -0.25) is 4.79 Å². The van der Waals surface area contributed by atoms with Crippen molar-refractivity contribution < 1.29 is 19.8 Å². The number of primary amides is 1. The summed E-state index contributed by atoms with van der Waals surface area (Å²) in [5.41, 5.74) is 4.52. The van der Waals surface area contributed by atoms with Crippen molar-refractivity contribution in [1.29, 1.82) is 0 Å². The maximum atomic E-state index is 10.7. The molecule has 92 valence electrons. The van der Waals surface area contributed by atoms with Crippen molar-refractivity contribution >= 4 is 29.3 Å². The third kappa shape index (κ3) is 3.58. The first-order valence-corrected chi connectivity index (χ1v) is 4.90. The van der Waals surface area contributed by atoms with E-state index >= 15 is 0 Å². The molecule has 1 unspecified atom stereocenters. The summed E-state index contributed by atoms with van der Waals surface area (Å²) < 4.78 is 0. The summed E-state index contributed by atoms with van der Waals surface area (Å²) in [4.78, 5) is 25.0. The number of nitrogens with one attached hydrogen (secondary N) is 1. The van der Waals surface area contributed by atoms with Crippen molar-refractivity contribution in [3.05, 3.63) is 22.8 Å². The number of anilines is 1. The smallest absolute Gasteiger partial charge is 0.356 e. The average molecular weight is 260 g/mol. The number of hydrogen-bond acceptors (Lipinski definition) is 5. The SMILES string of the molecule is NC(=O)C(O)CNc1ccc(Cl)c(C(=O)O)n1. The standard InChI is InChI=1S/C9H10ClN3O4/c10-4-1-2-6(13-7(4)9(16)17)12-3-5(14)8(11)15/h1-2,5,14H,3H2,(H2,11,15)(H,12,13)(H,16,17). The summed E-state index contributed by atoms with van der Waals surface area (Å²) >= 11 is 5.61. The summed E-state index contributed by atoms with van der Waals surface area (Å²) in [7, 11) is 0. The number of rotatable bonds is 5. The second-order valence-electron chi connectivity index (χ2n) is 3.13. The molecule has 0 fully saturated rings. The van der Waals surface area contributed by atoms with Gasteiger partial charge < -0.3 is 21.3 Å². The average Bonchev–Trinajstić information content (AvgIpc) is 2.26. The predicted molar refractivity (Wildman–Crippen MR) is 59.9 cm³/mol. The lowest BCUT2D eigenvalue weighted by atomic mass is 10.3. The first kappa shape index (κ1) is 13.2. The Balaban J connectivity index is 2.76. The van der Waals surface area contributed by atoms with Crippen LogP contribution in [0.15, 0.2) is 12.1 Å². The minimum absolute atomic E-state index is 0.00139. The Morgan fingerprint density at radius 1 is 1.53 bits per heavy atom. The summed E-state index contributed by atoms with van der Waals surface area (Å²) in [6.45, 7) is -0.164. The van der Waals surface area contributed by atoms with Crippen molar-refractivity contribution in [2.45, 2.75) is 6.10 Å². The zero-order valence-corrected chi connectivity index (χ0v) is 9.31. The van der Waals surface area contributed by atoms with Gasteiger partial charge in [-0.2, -0.15) is 0 Å². The number of hydrogen-bond donors (Lipinski definition) is 4. The van der Waals surface area contributed by atoms with Gasteiger partial charge in [0.2, 0.25) is 5.91 Å². The molecule has 1 aromatic rings. The maximum Gasteiger partial charge on any atom is 0.356 e. The summed E-state index contributed by atoms with van der Waals surface area (Å²) in [5, 5.41) is 20.4. The number of aliphatic hydroxyl groups excluding tert-OH is 1. The van der Waals surface area contributed by atoms with Crippen LogP contribution < -0.4 is 11.1 Å². The highest BCUT2D eigenvalue weighted by Gasteiger charge is 2.13. The van der Waals surface area contributed by atoms with Crippen molar-refractivity contribution in [2.75, 3.05) is 11.9 Å². The molecule has 1 atom stereocenters. The molecule has 0 aromatic carbocycles. The number of carboxylic acid groups (broad SMARTS) is 1. The van der Waals surface area contributed by atoms with Crippen LogP contribution in [0, 0.1) is 0 Å². The molecule has 0 spiro atoms. The van der Waals surface area contributed by atoms with E-state index in [1.165, 1.54) is 12.1 Å². The molecule has 8 heteroatoms. The number of aromatic carboxylic acids is 1. The predicted octanol–water partition coefficient (Wildman–Crippen LogP) is -0.309. The van der Waals surface area contributed by atoms with Gasteiger partial charge in [0, 0.05) is 0 Å². The number of carboxylic acids is 1. The molecule has 0 aliphatic carbocycles. The summed E-state index contributed by atoms with van der Waals surface area (Å²) in [5.74, 6) is -1.98. The number of aliphatic hydroxyl groups is 1. The van der Waals surface area contributed by atoms with Crippen molar-refractivity contribution in [1.82, 2.24) is 4.98 Å². The molecular weight excluding hydrogens is 250 g/mol. The fourth-order valence-corrected chi connectivity index (χ4v) is 1.18. The summed E-state index contributed by atoms with van der Waals surface area (Å²) in [6, 6.07) is 2.76. The van der Waals surface area contributed by atoms with Gasteiger partial charge in [-0.15, -0.1) is 0 Å². The lowest BCUT2D eigenvalue weighted by molar-refractivity contribution is -0.125. The number of carbonyl (C=O) groups excluding carboxylic acids is 1. The van der Waals surface area contributed by atoms with E-state index in [1.807, 2.05) is 0 Å². The van der Waals surface area contributed by atoms with Crippen LogP contribution in [0.25, 0.3) is 0 Å². The molecule has 1 rings (SSSR count).